The Kier molecular flexibility index (Phi) is 3.35. The van der Waals surface area contributed by atoms with E-state index >= 15 is 0 Å². The van der Waals surface area contributed by atoms with Crippen molar-refractivity contribution in [3.05, 3.63) is 46.9 Å². The zero-order chi connectivity index (χ0) is 14.2. The number of sulfonamides is 1. The molecule has 0 amide bonds. The summed E-state index contributed by atoms with van der Waals surface area (Å²) in [5.74, 6) is 0.0367. The highest BCUT2D eigenvalue weighted by molar-refractivity contribution is 7.92. The van der Waals surface area contributed by atoms with Gasteiger partial charge < -0.3 is 0 Å². The van der Waals surface area contributed by atoms with Crippen LogP contribution in [0.3, 0.4) is 0 Å². The van der Waals surface area contributed by atoms with Gasteiger partial charge in [-0.05, 0) is 42.5 Å². The molecule has 1 N–H and O–H groups in total. The third-order valence-electron chi connectivity index (χ3n) is 3.26. The van der Waals surface area contributed by atoms with Crippen LogP contribution in [0.4, 0.5) is 5.82 Å². The van der Waals surface area contributed by atoms with Crippen LogP contribution in [0.1, 0.15) is 17.5 Å². The van der Waals surface area contributed by atoms with Crippen LogP contribution in [0.2, 0.25) is 5.15 Å². The van der Waals surface area contributed by atoms with Gasteiger partial charge in [-0.15, -0.1) is 0 Å². The minimum atomic E-state index is -3.69. The van der Waals surface area contributed by atoms with Gasteiger partial charge in [0.2, 0.25) is 0 Å². The van der Waals surface area contributed by atoms with Gasteiger partial charge in [0, 0.05) is 12.4 Å². The minimum Gasteiger partial charge on any atom is -0.261 e. The lowest BCUT2D eigenvalue weighted by Gasteiger charge is -2.09. The molecule has 1 aromatic carbocycles. The van der Waals surface area contributed by atoms with Crippen LogP contribution in [-0.2, 0) is 22.9 Å². The monoisotopic (exact) mass is 309 g/mol. The van der Waals surface area contributed by atoms with Gasteiger partial charge in [0.15, 0.2) is 11.0 Å². The van der Waals surface area contributed by atoms with Gasteiger partial charge in [-0.25, -0.2) is 18.4 Å². The number of fused-ring (bicyclic) bond motifs is 1. The average Bonchev–Trinajstić information content (AvgIpc) is 2.88. The Hall–Kier alpha value is -1.66. The molecule has 0 bridgehead atoms. The summed E-state index contributed by atoms with van der Waals surface area (Å²) in [5, 5.41) is 0.0252. The quantitative estimate of drug-likeness (QED) is 0.945. The number of anilines is 1. The molecule has 5 nitrogen and oxygen atoms in total. The fourth-order valence-corrected chi connectivity index (χ4v) is 3.57. The molecule has 0 radical (unpaired) electrons. The minimum absolute atomic E-state index is 0.0252. The summed E-state index contributed by atoms with van der Waals surface area (Å²) in [7, 11) is -3.69. The van der Waals surface area contributed by atoms with Crippen molar-refractivity contribution in [1.29, 1.82) is 0 Å². The number of nitrogens with one attached hydrogen (secondary N) is 1. The van der Waals surface area contributed by atoms with E-state index in [0.717, 1.165) is 24.8 Å². The highest BCUT2D eigenvalue weighted by atomic mass is 35.5. The molecule has 1 aliphatic rings. The Bertz CT molecular complexity index is 762. The van der Waals surface area contributed by atoms with Crippen molar-refractivity contribution >= 4 is 27.4 Å². The maximum Gasteiger partial charge on any atom is 0.263 e. The summed E-state index contributed by atoms with van der Waals surface area (Å²) >= 11 is 5.81. The molecule has 0 saturated heterocycles. The average molecular weight is 310 g/mol. The molecule has 1 aliphatic carbocycles. The van der Waals surface area contributed by atoms with Crippen LogP contribution >= 0.6 is 11.6 Å². The standard InChI is InChI=1S/C13H12ClN3O2S/c14-12-13(16-7-6-15-12)17-20(18,19)11-5-4-9-2-1-3-10(9)8-11/h4-8H,1-3H2,(H,16,17). The maximum atomic E-state index is 12.3. The van der Waals surface area contributed by atoms with Crippen molar-refractivity contribution < 1.29 is 8.42 Å². The lowest BCUT2D eigenvalue weighted by Crippen LogP contribution is -2.14. The van der Waals surface area contributed by atoms with Gasteiger partial charge in [-0.1, -0.05) is 17.7 Å². The highest BCUT2D eigenvalue weighted by Crippen LogP contribution is 2.26. The first-order valence-corrected chi connectivity index (χ1v) is 8.03. The van der Waals surface area contributed by atoms with E-state index in [0.29, 0.717) is 0 Å². The van der Waals surface area contributed by atoms with Gasteiger partial charge in [0.05, 0.1) is 4.90 Å². The highest BCUT2D eigenvalue weighted by Gasteiger charge is 2.20. The van der Waals surface area contributed by atoms with Gasteiger partial charge in [0.1, 0.15) is 0 Å². The fraction of sp³-hybridized carbons (Fsp3) is 0.231. The summed E-state index contributed by atoms with van der Waals surface area (Å²) in [5.41, 5.74) is 2.32. The SMILES string of the molecule is O=S(=O)(Nc1nccnc1Cl)c1ccc2c(c1)CCC2. The van der Waals surface area contributed by atoms with Gasteiger partial charge in [-0.3, -0.25) is 4.72 Å². The summed E-state index contributed by atoms with van der Waals surface area (Å²) in [6, 6.07) is 5.20. The Morgan fingerprint density at radius 2 is 1.85 bits per heavy atom. The normalized spacial score (nSPS) is 14.1. The molecule has 0 saturated carbocycles. The largest absolute Gasteiger partial charge is 0.263 e. The molecule has 0 fully saturated rings. The number of hydrogen-bond acceptors (Lipinski definition) is 4. The van der Waals surface area contributed by atoms with Crippen LogP contribution in [0.15, 0.2) is 35.5 Å². The van der Waals surface area contributed by atoms with E-state index in [4.69, 9.17) is 11.6 Å². The number of benzene rings is 1. The predicted molar refractivity (Wildman–Crippen MR) is 76.3 cm³/mol. The van der Waals surface area contributed by atoms with E-state index in [2.05, 4.69) is 14.7 Å². The van der Waals surface area contributed by atoms with E-state index in [9.17, 15) is 8.42 Å². The number of nitrogens with zero attached hydrogens (tertiary/aromatic N) is 2. The second-order valence-electron chi connectivity index (χ2n) is 4.59. The molecule has 0 atom stereocenters. The van der Waals surface area contributed by atoms with Gasteiger partial charge in [-0.2, -0.15) is 0 Å². The van der Waals surface area contributed by atoms with Gasteiger partial charge in [0.25, 0.3) is 10.0 Å². The molecular weight excluding hydrogens is 298 g/mol. The number of rotatable bonds is 3. The first kappa shape index (κ1) is 13.3. The molecule has 7 heteroatoms. The number of hydrogen-bond donors (Lipinski definition) is 1. The van der Waals surface area contributed by atoms with Crippen molar-refractivity contribution in [2.45, 2.75) is 24.2 Å². The number of halogens is 1. The predicted octanol–water partition coefficient (Wildman–Crippen LogP) is 2.42. The third-order valence-corrected chi connectivity index (χ3v) is 4.88. The second kappa shape index (κ2) is 5.03. The molecule has 1 heterocycles. The van der Waals surface area contributed by atoms with E-state index in [1.54, 1.807) is 12.1 Å². The molecule has 0 spiro atoms. The lowest BCUT2D eigenvalue weighted by atomic mass is 10.1. The van der Waals surface area contributed by atoms with Crippen LogP contribution in [0, 0.1) is 0 Å². The van der Waals surface area contributed by atoms with Crippen molar-refractivity contribution in [3.8, 4) is 0 Å². The van der Waals surface area contributed by atoms with Crippen molar-refractivity contribution in [2.75, 3.05) is 4.72 Å². The van der Waals surface area contributed by atoms with Crippen LogP contribution in [0.25, 0.3) is 0 Å². The summed E-state index contributed by atoms with van der Waals surface area (Å²) in [4.78, 5) is 7.89. The lowest BCUT2D eigenvalue weighted by molar-refractivity contribution is 0.601. The zero-order valence-corrected chi connectivity index (χ0v) is 12.1. The summed E-state index contributed by atoms with van der Waals surface area (Å²) in [6.07, 6.45) is 5.79. The first-order chi connectivity index (χ1) is 9.56. The third kappa shape index (κ3) is 2.48. The molecule has 0 aliphatic heterocycles. The molecule has 20 heavy (non-hydrogen) atoms. The summed E-state index contributed by atoms with van der Waals surface area (Å²) < 4.78 is 27.0. The van der Waals surface area contributed by atoms with Crippen LogP contribution < -0.4 is 4.72 Å². The Balaban J connectivity index is 1.94. The van der Waals surface area contributed by atoms with Crippen molar-refractivity contribution in [1.82, 2.24) is 9.97 Å². The molecule has 1 aromatic heterocycles. The van der Waals surface area contributed by atoms with E-state index < -0.39 is 10.0 Å². The molecule has 0 unspecified atom stereocenters. The fourth-order valence-electron chi connectivity index (χ4n) is 2.29. The maximum absolute atomic E-state index is 12.3. The number of aromatic nitrogens is 2. The Labute approximate surface area is 122 Å². The molecule has 104 valence electrons. The summed E-state index contributed by atoms with van der Waals surface area (Å²) in [6.45, 7) is 0. The van der Waals surface area contributed by atoms with Crippen LogP contribution in [0.5, 0.6) is 0 Å². The molecule has 3 rings (SSSR count). The van der Waals surface area contributed by atoms with Crippen LogP contribution in [-0.4, -0.2) is 18.4 Å². The topological polar surface area (TPSA) is 72.0 Å². The van der Waals surface area contributed by atoms with E-state index in [1.165, 1.54) is 18.0 Å². The molecule has 2 aromatic rings. The smallest absolute Gasteiger partial charge is 0.261 e. The van der Waals surface area contributed by atoms with Gasteiger partial charge >= 0.3 is 0 Å². The van der Waals surface area contributed by atoms with E-state index in [-0.39, 0.29) is 15.9 Å². The first-order valence-electron chi connectivity index (χ1n) is 6.17. The molecular formula is C13H12ClN3O2S. The Morgan fingerprint density at radius 1 is 1.10 bits per heavy atom. The van der Waals surface area contributed by atoms with Crippen molar-refractivity contribution in [3.63, 3.8) is 0 Å². The zero-order valence-electron chi connectivity index (χ0n) is 10.5. The second-order valence-corrected chi connectivity index (χ2v) is 6.63. The van der Waals surface area contributed by atoms with E-state index in [1.807, 2.05) is 6.07 Å². The Morgan fingerprint density at radius 3 is 2.65 bits per heavy atom. The van der Waals surface area contributed by atoms with Crippen molar-refractivity contribution in [2.24, 2.45) is 0 Å². The number of aryl methyl sites for hydroxylation is 2.